The van der Waals surface area contributed by atoms with E-state index in [9.17, 15) is 14.0 Å². The van der Waals surface area contributed by atoms with Crippen molar-refractivity contribution in [1.29, 1.82) is 0 Å². The first-order chi connectivity index (χ1) is 13.0. The number of amides is 2. The third-order valence-corrected chi connectivity index (χ3v) is 5.21. The van der Waals surface area contributed by atoms with Gasteiger partial charge in [-0.15, -0.1) is 0 Å². The Labute approximate surface area is 162 Å². The molecule has 0 bridgehead atoms. The van der Waals surface area contributed by atoms with E-state index >= 15 is 0 Å². The van der Waals surface area contributed by atoms with Gasteiger partial charge in [0.05, 0.1) is 4.91 Å². The summed E-state index contributed by atoms with van der Waals surface area (Å²) < 4.78 is 18.8. The summed E-state index contributed by atoms with van der Waals surface area (Å²) in [4.78, 5) is 26.2. The standard InChI is InChI=1S/C21H20FNO3S/c1-3-14(2)23-20(24)19(27-21(23)25)12-15-7-9-18(10-8-15)26-13-16-5-4-6-17(22)11-16/h4-12,14H,3,13H2,1-2H3/b19-12+/t14-/m1/s1. The number of carbonyl (C=O) groups excluding carboxylic acids is 2. The Morgan fingerprint density at radius 3 is 2.59 bits per heavy atom. The molecule has 2 amide bonds. The Bertz CT molecular complexity index is 879. The highest BCUT2D eigenvalue weighted by Crippen LogP contribution is 2.34. The van der Waals surface area contributed by atoms with Crippen molar-refractivity contribution in [2.75, 3.05) is 0 Å². The summed E-state index contributed by atoms with van der Waals surface area (Å²) in [5.74, 6) is 0.104. The van der Waals surface area contributed by atoms with Crippen molar-refractivity contribution in [2.24, 2.45) is 0 Å². The molecule has 0 unspecified atom stereocenters. The Morgan fingerprint density at radius 2 is 1.93 bits per heavy atom. The number of nitrogens with zero attached hydrogens (tertiary/aromatic N) is 1. The van der Waals surface area contributed by atoms with E-state index < -0.39 is 0 Å². The van der Waals surface area contributed by atoms with Gasteiger partial charge in [0.1, 0.15) is 18.2 Å². The van der Waals surface area contributed by atoms with Crippen LogP contribution in [0.3, 0.4) is 0 Å². The van der Waals surface area contributed by atoms with Crippen molar-refractivity contribution in [1.82, 2.24) is 4.90 Å². The van der Waals surface area contributed by atoms with Crippen LogP contribution in [0.2, 0.25) is 0 Å². The highest BCUT2D eigenvalue weighted by molar-refractivity contribution is 8.18. The van der Waals surface area contributed by atoms with Gasteiger partial charge in [0.15, 0.2) is 0 Å². The van der Waals surface area contributed by atoms with E-state index in [0.717, 1.165) is 29.3 Å². The molecule has 27 heavy (non-hydrogen) atoms. The second kappa shape index (κ2) is 8.39. The zero-order valence-electron chi connectivity index (χ0n) is 15.1. The van der Waals surface area contributed by atoms with Crippen LogP contribution in [-0.2, 0) is 11.4 Å². The van der Waals surface area contributed by atoms with E-state index in [-0.39, 0.29) is 29.6 Å². The normalized spacial score (nSPS) is 16.9. The lowest BCUT2D eigenvalue weighted by Gasteiger charge is -2.19. The first kappa shape index (κ1) is 19.2. The van der Waals surface area contributed by atoms with Gasteiger partial charge in [0.2, 0.25) is 0 Å². The minimum atomic E-state index is -0.294. The maximum Gasteiger partial charge on any atom is 0.293 e. The third kappa shape index (κ3) is 4.57. The SMILES string of the molecule is CC[C@@H](C)N1C(=O)S/C(=C/c2ccc(OCc3cccc(F)c3)cc2)C1=O. The molecule has 0 radical (unpaired) electrons. The van der Waals surface area contributed by atoms with Crippen LogP contribution in [0.4, 0.5) is 9.18 Å². The van der Waals surface area contributed by atoms with Crippen LogP contribution in [0, 0.1) is 5.82 Å². The molecule has 6 heteroatoms. The van der Waals surface area contributed by atoms with Gasteiger partial charge in [-0.3, -0.25) is 14.5 Å². The summed E-state index contributed by atoms with van der Waals surface area (Å²) in [6.45, 7) is 4.08. The molecule has 1 atom stereocenters. The summed E-state index contributed by atoms with van der Waals surface area (Å²) in [5, 5.41) is -0.226. The molecule has 140 valence electrons. The number of halogens is 1. The zero-order valence-corrected chi connectivity index (χ0v) is 16.0. The molecule has 2 aromatic rings. The molecule has 0 aromatic heterocycles. The highest BCUT2D eigenvalue weighted by atomic mass is 32.2. The van der Waals surface area contributed by atoms with Gasteiger partial charge in [-0.05, 0) is 66.6 Å². The number of rotatable bonds is 6. The molecule has 0 spiro atoms. The van der Waals surface area contributed by atoms with Gasteiger partial charge in [-0.1, -0.05) is 31.2 Å². The molecule has 1 aliphatic heterocycles. The summed E-state index contributed by atoms with van der Waals surface area (Å²) in [5.41, 5.74) is 1.56. The number of hydrogen-bond acceptors (Lipinski definition) is 4. The molecule has 1 heterocycles. The van der Waals surface area contributed by atoms with Crippen LogP contribution in [0.15, 0.2) is 53.4 Å². The zero-order chi connectivity index (χ0) is 19.4. The monoisotopic (exact) mass is 385 g/mol. The average molecular weight is 385 g/mol. The molecule has 4 nitrogen and oxygen atoms in total. The fourth-order valence-electron chi connectivity index (χ4n) is 2.65. The quantitative estimate of drug-likeness (QED) is 0.638. The van der Waals surface area contributed by atoms with Gasteiger partial charge >= 0.3 is 0 Å². The second-order valence-electron chi connectivity index (χ2n) is 6.30. The summed E-state index contributed by atoms with van der Waals surface area (Å²) >= 11 is 0.965. The van der Waals surface area contributed by atoms with E-state index in [2.05, 4.69) is 0 Å². The Hall–Kier alpha value is -2.60. The largest absolute Gasteiger partial charge is 0.489 e. The lowest BCUT2D eigenvalue weighted by Crippen LogP contribution is -2.36. The number of ether oxygens (including phenoxy) is 1. The predicted octanol–water partition coefficient (Wildman–Crippen LogP) is 5.24. The van der Waals surface area contributed by atoms with Crippen LogP contribution in [0.1, 0.15) is 31.4 Å². The Kier molecular flexibility index (Phi) is 5.96. The van der Waals surface area contributed by atoms with Gasteiger partial charge in [0.25, 0.3) is 11.1 Å². The Morgan fingerprint density at radius 1 is 1.19 bits per heavy atom. The van der Waals surface area contributed by atoms with Gasteiger partial charge < -0.3 is 4.74 Å². The fraction of sp³-hybridized carbons (Fsp3) is 0.238. The van der Waals surface area contributed by atoms with Gasteiger partial charge in [-0.2, -0.15) is 0 Å². The lowest BCUT2D eigenvalue weighted by molar-refractivity contribution is -0.124. The smallest absolute Gasteiger partial charge is 0.293 e. The minimum absolute atomic E-state index is 0.109. The first-order valence-corrected chi connectivity index (χ1v) is 9.54. The molecular formula is C21H20FNO3S. The number of benzene rings is 2. The van der Waals surface area contributed by atoms with Crippen LogP contribution in [0.5, 0.6) is 5.75 Å². The minimum Gasteiger partial charge on any atom is -0.489 e. The number of hydrogen-bond donors (Lipinski definition) is 0. The number of imide groups is 1. The van der Waals surface area contributed by atoms with E-state index in [4.69, 9.17) is 4.74 Å². The summed E-state index contributed by atoms with van der Waals surface area (Å²) in [6.07, 6.45) is 2.44. The molecule has 1 fully saturated rings. The van der Waals surface area contributed by atoms with Crippen molar-refractivity contribution < 1.29 is 18.7 Å². The second-order valence-corrected chi connectivity index (χ2v) is 7.29. The van der Waals surface area contributed by atoms with E-state index in [1.54, 1.807) is 30.3 Å². The molecule has 0 N–H and O–H groups in total. The molecule has 0 aliphatic carbocycles. The van der Waals surface area contributed by atoms with Crippen molar-refractivity contribution >= 4 is 29.0 Å². The van der Waals surface area contributed by atoms with Crippen LogP contribution in [-0.4, -0.2) is 22.1 Å². The summed E-state index contributed by atoms with van der Waals surface area (Å²) in [6, 6.07) is 13.4. The highest BCUT2D eigenvalue weighted by Gasteiger charge is 2.37. The number of carbonyl (C=O) groups is 2. The maximum absolute atomic E-state index is 13.2. The van der Waals surface area contributed by atoms with Gasteiger partial charge in [0, 0.05) is 6.04 Å². The van der Waals surface area contributed by atoms with Crippen molar-refractivity contribution in [2.45, 2.75) is 32.9 Å². The molecular weight excluding hydrogens is 365 g/mol. The average Bonchev–Trinajstić information content (AvgIpc) is 2.94. The Balaban J connectivity index is 1.66. The van der Waals surface area contributed by atoms with Crippen LogP contribution < -0.4 is 4.74 Å². The maximum atomic E-state index is 13.2. The molecule has 0 saturated carbocycles. The predicted molar refractivity (Wildman–Crippen MR) is 105 cm³/mol. The third-order valence-electron chi connectivity index (χ3n) is 4.33. The van der Waals surface area contributed by atoms with Crippen molar-refractivity contribution in [3.8, 4) is 5.75 Å². The molecule has 3 rings (SSSR count). The van der Waals surface area contributed by atoms with E-state index in [1.165, 1.54) is 17.0 Å². The summed E-state index contributed by atoms with van der Waals surface area (Å²) in [7, 11) is 0. The van der Waals surface area contributed by atoms with Crippen molar-refractivity contribution in [3.63, 3.8) is 0 Å². The number of thioether (sulfide) groups is 1. The topological polar surface area (TPSA) is 46.6 Å². The molecule has 1 aliphatic rings. The van der Waals surface area contributed by atoms with Gasteiger partial charge in [-0.25, -0.2) is 4.39 Å². The lowest BCUT2D eigenvalue weighted by atomic mass is 10.2. The van der Waals surface area contributed by atoms with E-state index in [1.807, 2.05) is 26.0 Å². The molecule has 2 aromatic carbocycles. The first-order valence-electron chi connectivity index (χ1n) is 8.72. The van der Waals surface area contributed by atoms with E-state index in [0.29, 0.717) is 10.7 Å². The fourth-order valence-corrected chi connectivity index (χ4v) is 3.58. The van der Waals surface area contributed by atoms with Crippen molar-refractivity contribution in [3.05, 3.63) is 70.4 Å². The van der Waals surface area contributed by atoms with Crippen LogP contribution in [0.25, 0.3) is 6.08 Å². The molecule has 1 saturated heterocycles. The van der Waals surface area contributed by atoms with Crippen LogP contribution >= 0.6 is 11.8 Å².